The van der Waals surface area contributed by atoms with E-state index in [2.05, 4.69) is 12.2 Å². The molecule has 4 nitrogen and oxygen atoms in total. The lowest BCUT2D eigenvalue weighted by Gasteiger charge is -2.39. The Hall–Kier alpha value is -2.17. The number of halogens is 1. The fraction of sp³-hybridized carbons (Fsp3) is 0.583. The predicted octanol–water partition coefficient (Wildman–Crippen LogP) is 4.27. The van der Waals surface area contributed by atoms with Gasteiger partial charge < -0.3 is 9.80 Å². The van der Waals surface area contributed by atoms with Gasteiger partial charge in [-0.05, 0) is 49.8 Å². The van der Waals surface area contributed by atoms with Crippen LogP contribution in [0.4, 0.5) is 4.39 Å². The van der Waals surface area contributed by atoms with Crippen LogP contribution >= 0.6 is 0 Å². The second kappa shape index (κ2) is 8.68. The zero-order chi connectivity index (χ0) is 20.4. The van der Waals surface area contributed by atoms with Crippen molar-refractivity contribution in [3.8, 4) is 0 Å². The third-order valence-electron chi connectivity index (χ3n) is 6.94. The first-order valence-electron chi connectivity index (χ1n) is 11.0. The number of hydrogen-bond donors (Lipinski definition) is 0. The van der Waals surface area contributed by atoms with Crippen LogP contribution in [0.5, 0.6) is 0 Å². The van der Waals surface area contributed by atoms with Crippen LogP contribution in [0.1, 0.15) is 63.4 Å². The molecule has 2 fully saturated rings. The van der Waals surface area contributed by atoms with Gasteiger partial charge >= 0.3 is 0 Å². The summed E-state index contributed by atoms with van der Waals surface area (Å²) in [6.07, 6.45) is 10.9. The topological polar surface area (TPSA) is 40.6 Å². The molecule has 2 amide bonds. The van der Waals surface area contributed by atoms with Crippen molar-refractivity contribution in [2.45, 2.75) is 69.9 Å². The summed E-state index contributed by atoms with van der Waals surface area (Å²) in [5, 5.41) is 0. The summed E-state index contributed by atoms with van der Waals surface area (Å²) >= 11 is 0. The molecule has 4 rings (SSSR count). The summed E-state index contributed by atoms with van der Waals surface area (Å²) in [6.45, 7) is 2.91. The first-order valence-corrected chi connectivity index (χ1v) is 11.0. The summed E-state index contributed by atoms with van der Waals surface area (Å²) < 4.78 is 14.0. The number of hydrogen-bond acceptors (Lipinski definition) is 2. The van der Waals surface area contributed by atoms with E-state index in [1.165, 1.54) is 6.07 Å². The van der Waals surface area contributed by atoms with E-state index in [1.807, 2.05) is 15.9 Å². The Morgan fingerprint density at radius 2 is 1.93 bits per heavy atom. The molecule has 1 aromatic rings. The predicted molar refractivity (Wildman–Crippen MR) is 111 cm³/mol. The van der Waals surface area contributed by atoms with Crippen molar-refractivity contribution in [3.05, 3.63) is 47.8 Å². The number of benzene rings is 1. The highest BCUT2D eigenvalue weighted by molar-refractivity contribution is 5.81. The Bertz CT molecular complexity index is 793. The van der Waals surface area contributed by atoms with Crippen LogP contribution in [0.15, 0.2) is 36.4 Å². The minimum atomic E-state index is -0.263. The van der Waals surface area contributed by atoms with Crippen LogP contribution < -0.4 is 0 Å². The summed E-state index contributed by atoms with van der Waals surface area (Å²) in [5.74, 6) is -0.00379. The van der Waals surface area contributed by atoms with E-state index in [1.54, 1.807) is 19.1 Å². The molecular formula is C24H31FN2O2. The summed E-state index contributed by atoms with van der Waals surface area (Å²) in [7, 11) is 0. The highest BCUT2D eigenvalue weighted by Gasteiger charge is 2.48. The second-order valence-electron chi connectivity index (χ2n) is 8.75. The number of likely N-dealkylation sites (tertiary alicyclic amines) is 2. The van der Waals surface area contributed by atoms with Crippen LogP contribution in [0, 0.1) is 11.7 Å². The van der Waals surface area contributed by atoms with Crippen molar-refractivity contribution >= 4 is 11.8 Å². The zero-order valence-corrected chi connectivity index (χ0v) is 17.2. The van der Waals surface area contributed by atoms with Gasteiger partial charge in [-0.1, -0.05) is 37.1 Å². The fourth-order valence-electron chi connectivity index (χ4n) is 5.53. The average Bonchev–Trinajstić information content (AvgIpc) is 3.06. The first kappa shape index (κ1) is 20.1. The Balaban J connectivity index is 1.71. The van der Waals surface area contributed by atoms with Gasteiger partial charge in [0.15, 0.2) is 0 Å². The highest BCUT2D eigenvalue weighted by Crippen LogP contribution is 2.40. The molecule has 1 aliphatic carbocycles. The van der Waals surface area contributed by atoms with Crippen LogP contribution in [0.3, 0.4) is 0 Å². The molecular weight excluding hydrogens is 367 g/mol. The van der Waals surface area contributed by atoms with Gasteiger partial charge in [0.1, 0.15) is 5.82 Å². The Morgan fingerprint density at radius 3 is 2.66 bits per heavy atom. The monoisotopic (exact) mass is 398 g/mol. The molecule has 0 unspecified atom stereocenters. The van der Waals surface area contributed by atoms with Crippen molar-refractivity contribution in [1.29, 1.82) is 0 Å². The van der Waals surface area contributed by atoms with Gasteiger partial charge in [-0.25, -0.2) is 4.39 Å². The number of amides is 2. The van der Waals surface area contributed by atoms with Gasteiger partial charge in [0.2, 0.25) is 11.8 Å². The highest BCUT2D eigenvalue weighted by atomic mass is 19.1. The van der Waals surface area contributed by atoms with Crippen LogP contribution in [-0.2, 0) is 9.59 Å². The van der Waals surface area contributed by atoms with E-state index in [9.17, 15) is 14.0 Å². The van der Waals surface area contributed by atoms with Gasteiger partial charge in [0.25, 0.3) is 0 Å². The molecule has 0 spiro atoms. The third kappa shape index (κ3) is 4.10. The number of carbonyl (C=O) groups excluding carboxylic acids is 2. The molecule has 5 heteroatoms. The molecule has 0 radical (unpaired) electrons. The Kier molecular flexibility index (Phi) is 6.02. The van der Waals surface area contributed by atoms with Crippen molar-refractivity contribution in [2.75, 3.05) is 13.1 Å². The molecule has 156 valence electrons. The van der Waals surface area contributed by atoms with E-state index in [0.29, 0.717) is 6.54 Å². The molecule has 4 atom stereocenters. The van der Waals surface area contributed by atoms with E-state index in [-0.39, 0.29) is 41.6 Å². The van der Waals surface area contributed by atoms with Gasteiger partial charge in [0.05, 0.1) is 12.1 Å². The maximum atomic E-state index is 14.0. The van der Waals surface area contributed by atoms with Crippen molar-refractivity contribution < 1.29 is 14.0 Å². The quantitative estimate of drug-likeness (QED) is 0.698. The lowest BCUT2D eigenvalue weighted by atomic mass is 9.86. The number of carbonyl (C=O) groups is 2. The first-order chi connectivity index (χ1) is 14.1. The molecule has 29 heavy (non-hydrogen) atoms. The average molecular weight is 399 g/mol. The molecule has 0 aromatic heterocycles. The lowest BCUT2D eigenvalue weighted by molar-refractivity contribution is -0.139. The largest absolute Gasteiger partial charge is 0.337 e. The molecule has 2 heterocycles. The van der Waals surface area contributed by atoms with Gasteiger partial charge in [-0.2, -0.15) is 0 Å². The van der Waals surface area contributed by atoms with E-state index in [4.69, 9.17) is 0 Å². The number of fused-ring (bicyclic) bond motifs is 1. The Morgan fingerprint density at radius 1 is 1.07 bits per heavy atom. The zero-order valence-electron chi connectivity index (χ0n) is 17.2. The standard InChI is InChI=1S/C24H31FN2O2/c1-17(28)26-14-7-3-6-13-22-23(26)21(19-11-8-12-20(25)15-19)16-27(22)24(29)18-9-4-2-5-10-18/h2,4,8,11-12,15,18,21-23H,3,5-7,9-10,13-14,16H2,1H3/t18-,21+,22-,23+/m1/s1. The molecule has 1 aromatic carbocycles. The van der Waals surface area contributed by atoms with E-state index < -0.39 is 0 Å². The maximum absolute atomic E-state index is 14.0. The molecule has 2 saturated heterocycles. The van der Waals surface area contributed by atoms with Crippen molar-refractivity contribution in [1.82, 2.24) is 9.80 Å². The van der Waals surface area contributed by atoms with Gasteiger partial charge in [-0.3, -0.25) is 9.59 Å². The Labute approximate surface area is 172 Å². The molecule has 0 N–H and O–H groups in total. The minimum absolute atomic E-state index is 0.0193. The summed E-state index contributed by atoms with van der Waals surface area (Å²) in [5.41, 5.74) is 0.894. The van der Waals surface area contributed by atoms with Crippen molar-refractivity contribution in [3.63, 3.8) is 0 Å². The van der Waals surface area contributed by atoms with Crippen LogP contribution in [-0.4, -0.2) is 46.8 Å². The van der Waals surface area contributed by atoms with Crippen molar-refractivity contribution in [2.24, 2.45) is 5.92 Å². The minimum Gasteiger partial charge on any atom is -0.337 e. The summed E-state index contributed by atoms with van der Waals surface area (Å²) in [4.78, 5) is 30.1. The molecule has 3 aliphatic rings. The number of rotatable bonds is 2. The lowest BCUT2D eigenvalue weighted by Crippen LogP contribution is -2.51. The molecule has 0 saturated carbocycles. The summed E-state index contributed by atoms with van der Waals surface area (Å²) in [6, 6.07) is 6.66. The van der Waals surface area contributed by atoms with Gasteiger partial charge in [0, 0.05) is 31.8 Å². The smallest absolute Gasteiger partial charge is 0.226 e. The van der Waals surface area contributed by atoms with E-state index >= 15 is 0 Å². The SMILES string of the molecule is CC(=O)N1CCCCC[C@@H]2[C@@H]1[C@H](c1cccc(F)c1)CN2C(=O)[C@@H]1CC=CCC1. The number of nitrogens with zero attached hydrogens (tertiary/aromatic N) is 2. The van der Waals surface area contributed by atoms with Crippen LogP contribution in [0.2, 0.25) is 0 Å². The van der Waals surface area contributed by atoms with Gasteiger partial charge in [-0.15, -0.1) is 0 Å². The number of allylic oxidation sites excluding steroid dienone is 2. The molecule has 2 aliphatic heterocycles. The third-order valence-corrected chi connectivity index (χ3v) is 6.94. The van der Waals surface area contributed by atoms with E-state index in [0.717, 1.165) is 57.1 Å². The maximum Gasteiger partial charge on any atom is 0.226 e. The molecule has 0 bridgehead atoms. The second-order valence-corrected chi connectivity index (χ2v) is 8.75. The van der Waals surface area contributed by atoms with Crippen LogP contribution in [0.25, 0.3) is 0 Å². The fourth-order valence-corrected chi connectivity index (χ4v) is 5.53. The normalized spacial score (nSPS) is 29.9.